The molecule has 10 nitrogen and oxygen atoms in total. The predicted octanol–water partition coefficient (Wildman–Crippen LogP) is 4.00. The van der Waals surface area contributed by atoms with Crippen LogP contribution >= 0.6 is 0 Å². The van der Waals surface area contributed by atoms with E-state index in [0.717, 1.165) is 16.8 Å². The number of amides is 2. The summed E-state index contributed by atoms with van der Waals surface area (Å²) < 4.78 is 10.9. The summed E-state index contributed by atoms with van der Waals surface area (Å²) in [5, 5.41) is 17.4. The van der Waals surface area contributed by atoms with Crippen molar-refractivity contribution in [1.82, 2.24) is 5.43 Å². The summed E-state index contributed by atoms with van der Waals surface area (Å²) in [6.07, 6.45) is 1.41. The highest BCUT2D eigenvalue weighted by Crippen LogP contribution is 2.27. The average molecular weight is 476 g/mol. The third-order valence-corrected chi connectivity index (χ3v) is 4.92. The Morgan fingerprint density at radius 3 is 2.43 bits per heavy atom. The molecule has 0 saturated heterocycles. The van der Waals surface area contributed by atoms with Gasteiger partial charge in [-0.05, 0) is 61.4 Å². The largest absolute Gasteiger partial charge is 0.493 e. The maximum absolute atomic E-state index is 12.3. The first kappa shape index (κ1) is 24.9. The summed E-state index contributed by atoms with van der Waals surface area (Å²) in [5.74, 6) is -0.0678. The van der Waals surface area contributed by atoms with Gasteiger partial charge in [0.25, 0.3) is 17.5 Å². The number of ether oxygens (including phenoxy) is 2. The molecule has 0 saturated carbocycles. The van der Waals surface area contributed by atoms with Gasteiger partial charge in [0, 0.05) is 23.4 Å². The van der Waals surface area contributed by atoms with Gasteiger partial charge in [0.15, 0.2) is 18.1 Å². The number of nitrogens with one attached hydrogen (secondary N) is 2. The van der Waals surface area contributed by atoms with Crippen molar-refractivity contribution in [2.75, 3.05) is 19.0 Å². The minimum absolute atomic E-state index is 0.109. The van der Waals surface area contributed by atoms with Crippen LogP contribution in [0.15, 0.2) is 65.8 Å². The van der Waals surface area contributed by atoms with Crippen molar-refractivity contribution in [3.63, 3.8) is 0 Å². The number of carbonyl (C=O) groups excluding carboxylic acids is 2. The molecule has 0 radical (unpaired) electrons. The minimum atomic E-state index is -0.544. The zero-order chi connectivity index (χ0) is 25.4. The summed E-state index contributed by atoms with van der Waals surface area (Å²) in [5.41, 5.74) is 5.87. The molecule has 3 rings (SSSR count). The van der Waals surface area contributed by atoms with Crippen LogP contribution in [-0.4, -0.2) is 36.7 Å². The van der Waals surface area contributed by atoms with Gasteiger partial charge in [-0.25, -0.2) is 5.43 Å². The molecule has 2 N–H and O–H groups in total. The van der Waals surface area contributed by atoms with Gasteiger partial charge in [0.2, 0.25) is 0 Å². The van der Waals surface area contributed by atoms with Gasteiger partial charge >= 0.3 is 0 Å². The fraction of sp³-hybridized carbons (Fsp3) is 0.160. The fourth-order valence-corrected chi connectivity index (χ4v) is 3.13. The lowest BCUT2D eigenvalue weighted by atomic mass is 10.1. The molecule has 0 bridgehead atoms. The van der Waals surface area contributed by atoms with Gasteiger partial charge in [-0.1, -0.05) is 17.7 Å². The number of hydrazone groups is 1. The Morgan fingerprint density at radius 1 is 1.03 bits per heavy atom. The Balaban J connectivity index is 1.57. The number of nitrogens with zero attached hydrogens (tertiary/aromatic N) is 2. The summed E-state index contributed by atoms with van der Waals surface area (Å²) in [6, 6.07) is 15.9. The highest BCUT2D eigenvalue weighted by Gasteiger charge is 2.11. The second-order valence-corrected chi connectivity index (χ2v) is 7.57. The van der Waals surface area contributed by atoms with Crippen molar-refractivity contribution >= 4 is 29.4 Å². The fourth-order valence-electron chi connectivity index (χ4n) is 3.13. The van der Waals surface area contributed by atoms with Gasteiger partial charge in [-0.2, -0.15) is 5.10 Å². The molecule has 0 aliphatic carbocycles. The lowest BCUT2D eigenvalue weighted by Crippen LogP contribution is -2.20. The lowest BCUT2D eigenvalue weighted by Gasteiger charge is -2.12. The van der Waals surface area contributed by atoms with Crippen LogP contribution in [0.2, 0.25) is 0 Å². The molecule has 0 aliphatic rings. The zero-order valence-corrected chi connectivity index (χ0v) is 19.4. The maximum Gasteiger partial charge on any atom is 0.271 e. The van der Waals surface area contributed by atoms with E-state index in [-0.39, 0.29) is 23.8 Å². The number of carbonyl (C=O) groups is 2. The van der Waals surface area contributed by atoms with E-state index in [0.29, 0.717) is 17.1 Å². The third kappa shape index (κ3) is 6.87. The molecule has 3 aromatic carbocycles. The van der Waals surface area contributed by atoms with Crippen molar-refractivity contribution in [1.29, 1.82) is 0 Å². The summed E-state index contributed by atoms with van der Waals surface area (Å²) in [7, 11) is 1.47. The number of non-ortho nitro benzene ring substituents is 1. The molecule has 0 atom stereocenters. The molecule has 10 heteroatoms. The van der Waals surface area contributed by atoms with Crippen LogP contribution in [0, 0.1) is 24.0 Å². The summed E-state index contributed by atoms with van der Waals surface area (Å²) >= 11 is 0. The van der Waals surface area contributed by atoms with Crippen molar-refractivity contribution in [3.8, 4) is 11.5 Å². The number of aryl methyl sites for hydroxylation is 2. The molecular weight excluding hydrogens is 452 g/mol. The van der Waals surface area contributed by atoms with Crippen molar-refractivity contribution in [2.24, 2.45) is 5.10 Å². The van der Waals surface area contributed by atoms with Crippen LogP contribution in [0.5, 0.6) is 11.5 Å². The maximum atomic E-state index is 12.3. The molecular formula is C25H24N4O6. The van der Waals surface area contributed by atoms with Crippen molar-refractivity contribution in [3.05, 3.63) is 93.0 Å². The van der Waals surface area contributed by atoms with Crippen LogP contribution in [0.1, 0.15) is 27.0 Å². The highest BCUT2D eigenvalue weighted by molar-refractivity contribution is 5.95. The van der Waals surface area contributed by atoms with Crippen molar-refractivity contribution in [2.45, 2.75) is 13.8 Å². The average Bonchev–Trinajstić information content (AvgIpc) is 2.84. The van der Waals surface area contributed by atoms with Crippen LogP contribution in [0.3, 0.4) is 0 Å². The first-order valence-electron chi connectivity index (χ1n) is 10.5. The standard InChI is InChI=1S/C25H24N4O6/c1-16-4-10-21(17(2)12-16)27-24(30)15-35-22-11-5-18(13-23(22)34-3)14-26-28-25(31)19-6-8-20(9-7-19)29(32)33/h4-14H,15H2,1-3H3,(H,27,30)(H,28,31)/b26-14+. The molecule has 0 aromatic heterocycles. The van der Waals surface area contributed by atoms with E-state index in [9.17, 15) is 19.7 Å². The van der Waals surface area contributed by atoms with Gasteiger partial charge < -0.3 is 14.8 Å². The molecule has 35 heavy (non-hydrogen) atoms. The Morgan fingerprint density at radius 2 is 1.77 bits per heavy atom. The summed E-state index contributed by atoms with van der Waals surface area (Å²) in [4.78, 5) is 34.6. The lowest BCUT2D eigenvalue weighted by molar-refractivity contribution is -0.384. The number of anilines is 1. The highest BCUT2D eigenvalue weighted by atomic mass is 16.6. The number of nitro benzene ring substituents is 1. The van der Waals surface area contributed by atoms with Gasteiger partial charge in [0.05, 0.1) is 18.2 Å². The van der Waals surface area contributed by atoms with Crippen LogP contribution < -0.4 is 20.2 Å². The van der Waals surface area contributed by atoms with Crippen LogP contribution in [0.4, 0.5) is 11.4 Å². The van der Waals surface area contributed by atoms with Gasteiger partial charge in [-0.3, -0.25) is 19.7 Å². The molecule has 0 fully saturated rings. The van der Waals surface area contributed by atoms with Crippen LogP contribution in [-0.2, 0) is 4.79 Å². The van der Waals surface area contributed by atoms with E-state index < -0.39 is 10.8 Å². The normalized spacial score (nSPS) is 10.6. The number of benzene rings is 3. The van der Waals surface area contributed by atoms with E-state index in [4.69, 9.17) is 9.47 Å². The monoisotopic (exact) mass is 476 g/mol. The van der Waals surface area contributed by atoms with E-state index >= 15 is 0 Å². The van der Waals surface area contributed by atoms with E-state index in [1.54, 1.807) is 18.2 Å². The molecule has 0 aliphatic heterocycles. The molecule has 0 heterocycles. The predicted molar refractivity (Wildman–Crippen MR) is 131 cm³/mol. The number of hydrogen-bond donors (Lipinski definition) is 2. The quantitative estimate of drug-likeness (QED) is 0.273. The molecule has 180 valence electrons. The van der Waals surface area contributed by atoms with E-state index in [2.05, 4.69) is 15.8 Å². The Labute approximate surface area is 201 Å². The number of hydrogen-bond acceptors (Lipinski definition) is 7. The molecule has 0 unspecified atom stereocenters. The van der Waals surface area contributed by atoms with Gasteiger partial charge in [-0.15, -0.1) is 0 Å². The van der Waals surface area contributed by atoms with Gasteiger partial charge in [0.1, 0.15) is 0 Å². The smallest absolute Gasteiger partial charge is 0.271 e. The molecule has 3 aromatic rings. The second kappa shape index (κ2) is 11.4. The SMILES string of the molecule is COc1cc(/C=N/NC(=O)c2ccc([N+](=O)[O-])cc2)ccc1OCC(=O)Nc1ccc(C)cc1C. The van der Waals surface area contributed by atoms with E-state index in [1.807, 2.05) is 32.0 Å². The number of nitro groups is 1. The van der Waals surface area contributed by atoms with Crippen molar-refractivity contribution < 1.29 is 24.0 Å². The third-order valence-electron chi connectivity index (χ3n) is 4.92. The summed E-state index contributed by atoms with van der Waals surface area (Å²) in [6.45, 7) is 3.69. The second-order valence-electron chi connectivity index (χ2n) is 7.57. The van der Waals surface area contributed by atoms with Crippen LogP contribution in [0.25, 0.3) is 0 Å². The molecule has 2 amide bonds. The first-order valence-corrected chi connectivity index (χ1v) is 10.5. The number of rotatable bonds is 9. The first-order chi connectivity index (χ1) is 16.8. The molecule has 0 spiro atoms. The zero-order valence-electron chi connectivity index (χ0n) is 19.4. The Hall–Kier alpha value is -4.73. The minimum Gasteiger partial charge on any atom is -0.493 e. The number of methoxy groups -OCH3 is 1. The van der Waals surface area contributed by atoms with E-state index in [1.165, 1.54) is 37.6 Å². The topological polar surface area (TPSA) is 132 Å². The Bertz CT molecular complexity index is 1270. The Kier molecular flexibility index (Phi) is 8.12.